The minimum atomic E-state index is -0.0715. The van der Waals surface area contributed by atoms with Crippen molar-refractivity contribution in [2.24, 2.45) is 22.2 Å². The Balaban J connectivity index is 1.38. The number of carbonyl (C=O) groups is 1. The van der Waals surface area contributed by atoms with E-state index in [0.717, 1.165) is 44.7 Å². The first-order valence-corrected chi connectivity index (χ1v) is 9.15. The summed E-state index contributed by atoms with van der Waals surface area (Å²) in [6, 6.07) is 0. The largest absolute Gasteiger partial charge is 0.356 e. The Morgan fingerprint density at radius 3 is 2.57 bits per heavy atom. The second kappa shape index (κ2) is 5.09. The van der Waals surface area contributed by atoms with Crippen molar-refractivity contribution in [2.45, 2.75) is 65.3 Å². The van der Waals surface area contributed by atoms with Crippen molar-refractivity contribution in [2.75, 3.05) is 6.54 Å². The molecule has 4 aliphatic carbocycles. The van der Waals surface area contributed by atoms with E-state index >= 15 is 0 Å². The average molecular weight is 315 g/mol. The standard InChI is InChI=1S/C19H29N3O/c1-17-8-15-9-18(2,11-17)13-19(10-15,12-17)16(23)21-4-3-6-22-7-5-20-14-22/h5,7,14-15H,3-4,6,8-13H2,1-2H3,(H,21,23)/t15?,17-,18-,19?/m1/s1. The summed E-state index contributed by atoms with van der Waals surface area (Å²) in [5.41, 5.74) is 0.739. The summed E-state index contributed by atoms with van der Waals surface area (Å²) in [4.78, 5) is 17.1. The first kappa shape index (κ1) is 15.2. The molecule has 4 nitrogen and oxygen atoms in total. The van der Waals surface area contributed by atoms with Crippen LogP contribution in [0.25, 0.3) is 0 Å². The summed E-state index contributed by atoms with van der Waals surface area (Å²) in [6.45, 7) is 6.55. The van der Waals surface area contributed by atoms with Crippen LogP contribution >= 0.6 is 0 Å². The molecule has 0 radical (unpaired) electrons. The molecular formula is C19H29N3O. The van der Waals surface area contributed by atoms with Gasteiger partial charge in [0.05, 0.1) is 11.7 Å². The monoisotopic (exact) mass is 315 g/mol. The normalized spacial score (nSPS) is 41.2. The summed E-state index contributed by atoms with van der Waals surface area (Å²) in [5, 5.41) is 3.26. The van der Waals surface area contributed by atoms with E-state index in [4.69, 9.17) is 0 Å². The van der Waals surface area contributed by atoms with Crippen molar-refractivity contribution >= 4 is 5.91 Å². The minimum Gasteiger partial charge on any atom is -0.356 e. The van der Waals surface area contributed by atoms with Gasteiger partial charge >= 0.3 is 0 Å². The van der Waals surface area contributed by atoms with Gasteiger partial charge in [-0.25, -0.2) is 4.98 Å². The van der Waals surface area contributed by atoms with Crippen LogP contribution in [0.15, 0.2) is 18.7 Å². The Morgan fingerprint density at radius 2 is 1.96 bits per heavy atom. The van der Waals surface area contributed by atoms with E-state index in [1.165, 1.54) is 19.3 Å². The van der Waals surface area contributed by atoms with E-state index in [2.05, 4.69) is 28.7 Å². The molecule has 1 aromatic heterocycles. The molecule has 0 spiro atoms. The van der Waals surface area contributed by atoms with Crippen molar-refractivity contribution in [1.29, 1.82) is 0 Å². The summed E-state index contributed by atoms with van der Waals surface area (Å²) < 4.78 is 2.07. The van der Waals surface area contributed by atoms with Crippen LogP contribution in [0.4, 0.5) is 0 Å². The lowest BCUT2D eigenvalue weighted by molar-refractivity contribution is -0.170. The van der Waals surface area contributed by atoms with Crippen LogP contribution < -0.4 is 5.32 Å². The molecule has 4 bridgehead atoms. The fraction of sp³-hybridized carbons (Fsp3) is 0.789. The molecular weight excluding hydrogens is 286 g/mol. The molecule has 23 heavy (non-hydrogen) atoms. The third-order valence-electron chi connectivity index (χ3n) is 6.55. The number of hydrogen-bond donors (Lipinski definition) is 1. The van der Waals surface area contributed by atoms with E-state index in [1.807, 2.05) is 12.5 Å². The molecule has 2 atom stereocenters. The molecule has 0 saturated heterocycles. The number of carbonyl (C=O) groups excluding carboxylic acids is 1. The third-order valence-corrected chi connectivity index (χ3v) is 6.55. The van der Waals surface area contributed by atoms with Crippen molar-refractivity contribution in [3.8, 4) is 0 Å². The Bertz CT molecular complexity index is 576. The van der Waals surface area contributed by atoms with Crippen LogP contribution in [-0.2, 0) is 11.3 Å². The quantitative estimate of drug-likeness (QED) is 0.847. The minimum absolute atomic E-state index is 0.0715. The lowest BCUT2D eigenvalue weighted by Crippen LogP contribution is -2.59. The van der Waals surface area contributed by atoms with Gasteiger partial charge in [0.1, 0.15) is 0 Å². The lowest BCUT2D eigenvalue weighted by atomic mass is 9.40. The molecule has 4 heteroatoms. The molecule has 1 heterocycles. The topological polar surface area (TPSA) is 46.9 Å². The van der Waals surface area contributed by atoms with Gasteiger partial charge < -0.3 is 9.88 Å². The van der Waals surface area contributed by atoms with Crippen LogP contribution in [0.5, 0.6) is 0 Å². The lowest BCUT2D eigenvalue weighted by Gasteiger charge is -2.64. The molecule has 1 amide bonds. The van der Waals surface area contributed by atoms with Gasteiger partial charge in [0.25, 0.3) is 0 Å². The van der Waals surface area contributed by atoms with E-state index in [0.29, 0.717) is 16.7 Å². The van der Waals surface area contributed by atoms with E-state index in [1.54, 1.807) is 6.20 Å². The SMILES string of the molecule is C[C@]12CC3CC(C(=O)NCCCn4ccnc4)(C1)C[C@](C)(C3)C2. The number of rotatable bonds is 5. The zero-order valence-corrected chi connectivity index (χ0v) is 14.5. The molecule has 5 rings (SSSR count). The van der Waals surface area contributed by atoms with Gasteiger partial charge in [-0.1, -0.05) is 13.8 Å². The molecule has 0 aliphatic heterocycles. The summed E-state index contributed by atoms with van der Waals surface area (Å²) >= 11 is 0. The summed E-state index contributed by atoms with van der Waals surface area (Å²) in [6.07, 6.45) is 13.9. The number of amides is 1. The van der Waals surface area contributed by atoms with Crippen LogP contribution in [0.2, 0.25) is 0 Å². The van der Waals surface area contributed by atoms with E-state index in [9.17, 15) is 4.79 Å². The zero-order valence-electron chi connectivity index (χ0n) is 14.5. The first-order valence-electron chi connectivity index (χ1n) is 9.15. The highest BCUT2D eigenvalue weighted by Gasteiger charge is 2.62. The fourth-order valence-corrected chi connectivity index (χ4v) is 6.77. The van der Waals surface area contributed by atoms with Crippen molar-refractivity contribution in [3.63, 3.8) is 0 Å². The number of imidazole rings is 1. The highest BCUT2D eigenvalue weighted by atomic mass is 16.2. The number of aromatic nitrogens is 2. The smallest absolute Gasteiger partial charge is 0.226 e. The number of nitrogens with zero attached hydrogens (tertiary/aromatic N) is 2. The van der Waals surface area contributed by atoms with Crippen molar-refractivity contribution < 1.29 is 4.79 Å². The second-order valence-electron chi connectivity index (χ2n) is 9.32. The Labute approximate surface area is 139 Å². The van der Waals surface area contributed by atoms with Gasteiger partial charge in [-0.15, -0.1) is 0 Å². The van der Waals surface area contributed by atoms with Gasteiger partial charge in [0, 0.05) is 25.5 Å². The molecule has 0 unspecified atom stereocenters. The van der Waals surface area contributed by atoms with Crippen LogP contribution in [0.3, 0.4) is 0 Å². The molecule has 4 saturated carbocycles. The van der Waals surface area contributed by atoms with Crippen LogP contribution in [0.1, 0.15) is 58.8 Å². The highest BCUT2D eigenvalue weighted by molar-refractivity contribution is 5.83. The van der Waals surface area contributed by atoms with Gasteiger partial charge in [0.2, 0.25) is 5.91 Å². The predicted molar refractivity (Wildman–Crippen MR) is 89.7 cm³/mol. The number of aryl methyl sites for hydroxylation is 1. The van der Waals surface area contributed by atoms with Crippen LogP contribution in [-0.4, -0.2) is 22.0 Å². The van der Waals surface area contributed by atoms with Gasteiger partial charge in [-0.2, -0.15) is 0 Å². The fourth-order valence-electron chi connectivity index (χ4n) is 6.77. The second-order valence-corrected chi connectivity index (χ2v) is 9.32. The number of nitrogens with one attached hydrogen (secondary N) is 1. The molecule has 4 aliphatic rings. The van der Waals surface area contributed by atoms with E-state index < -0.39 is 0 Å². The maximum atomic E-state index is 13.0. The Hall–Kier alpha value is -1.32. The van der Waals surface area contributed by atoms with Crippen molar-refractivity contribution in [3.05, 3.63) is 18.7 Å². The molecule has 4 fully saturated rings. The molecule has 0 aromatic carbocycles. The molecule has 126 valence electrons. The highest BCUT2D eigenvalue weighted by Crippen LogP contribution is 2.69. The molecule has 1 aromatic rings. The summed E-state index contributed by atoms with van der Waals surface area (Å²) in [7, 11) is 0. The molecule has 1 N–H and O–H groups in total. The Kier molecular flexibility index (Phi) is 3.37. The third kappa shape index (κ3) is 2.70. The maximum Gasteiger partial charge on any atom is 0.226 e. The van der Waals surface area contributed by atoms with Crippen LogP contribution in [0, 0.1) is 22.2 Å². The van der Waals surface area contributed by atoms with Gasteiger partial charge in [-0.3, -0.25) is 4.79 Å². The van der Waals surface area contributed by atoms with Crippen molar-refractivity contribution in [1.82, 2.24) is 14.9 Å². The maximum absolute atomic E-state index is 13.0. The zero-order chi connectivity index (χ0) is 16.1. The average Bonchev–Trinajstić information content (AvgIpc) is 2.92. The van der Waals surface area contributed by atoms with Gasteiger partial charge in [0.15, 0.2) is 0 Å². The van der Waals surface area contributed by atoms with Gasteiger partial charge in [-0.05, 0) is 61.7 Å². The first-order chi connectivity index (χ1) is 10.9. The number of hydrogen-bond acceptors (Lipinski definition) is 2. The summed E-state index contributed by atoms with van der Waals surface area (Å²) in [5.74, 6) is 1.11. The predicted octanol–water partition coefficient (Wildman–Crippen LogP) is 3.39. The Morgan fingerprint density at radius 1 is 1.22 bits per heavy atom. The van der Waals surface area contributed by atoms with E-state index in [-0.39, 0.29) is 5.41 Å².